The van der Waals surface area contributed by atoms with E-state index in [-0.39, 0.29) is 17.7 Å². The summed E-state index contributed by atoms with van der Waals surface area (Å²) >= 11 is 0. The van der Waals surface area contributed by atoms with Crippen molar-refractivity contribution in [3.05, 3.63) is 29.3 Å². The molecule has 2 aliphatic heterocycles. The number of amides is 4. The van der Waals surface area contributed by atoms with E-state index in [1.54, 1.807) is 0 Å². The molecule has 0 spiro atoms. The maximum absolute atomic E-state index is 13.4. The smallest absolute Gasteiger partial charge is 0.391 e. The number of hydrogen-bond donors (Lipinski definition) is 4. The van der Waals surface area contributed by atoms with Crippen molar-refractivity contribution < 1.29 is 32.7 Å². The van der Waals surface area contributed by atoms with Crippen molar-refractivity contribution in [3.63, 3.8) is 0 Å². The third-order valence-electron chi connectivity index (χ3n) is 6.86. The van der Waals surface area contributed by atoms with Gasteiger partial charge in [0.2, 0.25) is 5.91 Å². The van der Waals surface area contributed by atoms with Gasteiger partial charge in [-0.3, -0.25) is 9.59 Å². The van der Waals surface area contributed by atoms with Crippen molar-refractivity contribution in [2.24, 2.45) is 5.92 Å². The summed E-state index contributed by atoms with van der Waals surface area (Å²) in [6.45, 7) is 8.46. The molecule has 1 unspecified atom stereocenters. The highest BCUT2D eigenvalue weighted by Gasteiger charge is 2.40. The van der Waals surface area contributed by atoms with Crippen LogP contribution in [0, 0.1) is 5.92 Å². The van der Waals surface area contributed by atoms with E-state index >= 15 is 0 Å². The van der Waals surface area contributed by atoms with Crippen LogP contribution in [-0.2, 0) is 11.0 Å². The van der Waals surface area contributed by atoms with Gasteiger partial charge in [-0.25, -0.2) is 4.79 Å². The minimum Gasteiger partial charge on any atom is -0.391 e. The Bertz CT molecular complexity index is 1000. The summed E-state index contributed by atoms with van der Waals surface area (Å²) in [5.74, 6) is -0.912. The van der Waals surface area contributed by atoms with E-state index in [1.807, 2.05) is 20.8 Å². The number of carbonyl (C=O) groups excluding carboxylic acids is 3. The molecule has 0 aromatic heterocycles. The van der Waals surface area contributed by atoms with Crippen molar-refractivity contribution in [1.29, 1.82) is 0 Å². The Kier molecular flexibility index (Phi) is 10.00. The Labute approximate surface area is 221 Å². The van der Waals surface area contributed by atoms with Crippen molar-refractivity contribution in [2.45, 2.75) is 70.8 Å². The van der Waals surface area contributed by atoms with E-state index in [2.05, 4.69) is 16.0 Å². The molecule has 4 N–H and O–H groups in total. The van der Waals surface area contributed by atoms with Gasteiger partial charge in [-0.15, -0.1) is 0 Å². The van der Waals surface area contributed by atoms with Crippen LogP contribution in [0.25, 0.3) is 0 Å². The van der Waals surface area contributed by atoms with Gasteiger partial charge in [-0.1, -0.05) is 27.2 Å². The van der Waals surface area contributed by atoms with E-state index < -0.39 is 47.8 Å². The van der Waals surface area contributed by atoms with Crippen LogP contribution in [0.2, 0.25) is 0 Å². The van der Waals surface area contributed by atoms with Crippen LogP contribution in [0.15, 0.2) is 18.2 Å². The van der Waals surface area contributed by atoms with Gasteiger partial charge < -0.3 is 30.9 Å². The number of anilines is 1. The van der Waals surface area contributed by atoms with Gasteiger partial charge in [0.1, 0.15) is 6.04 Å². The minimum absolute atomic E-state index is 0.0659. The fraction of sp³-hybridized carbons (Fsp3) is 0.654. The summed E-state index contributed by atoms with van der Waals surface area (Å²) in [6, 6.07) is 0.571. The molecular weight excluding hydrogens is 503 g/mol. The van der Waals surface area contributed by atoms with Crippen LogP contribution < -0.4 is 16.0 Å². The Balaban J connectivity index is 1.76. The lowest BCUT2D eigenvalue weighted by Crippen LogP contribution is -2.53. The molecule has 9 nitrogen and oxygen atoms in total. The number of nitrogens with one attached hydrogen (secondary N) is 3. The summed E-state index contributed by atoms with van der Waals surface area (Å²) in [4.78, 5) is 41.8. The molecule has 0 saturated carbocycles. The van der Waals surface area contributed by atoms with Crippen LogP contribution in [0.1, 0.15) is 62.4 Å². The molecule has 2 heterocycles. The van der Waals surface area contributed by atoms with E-state index in [9.17, 15) is 32.7 Å². The van der Waals surface area contributed by atoms with Gasteiger partial charge >= 0.3 is 12.2 Å². The second kappa shape index (κ2) is 12.8. The SMILES string of the molecule is CCC[C@H](O)[C@H](CNCC(C)C)N1CCC(NC(=O)c2cc(C(F)(F)F)ccc2NC(=O)N2CCC2)C1=O. The van der Waals surface area contributed by atoms with Crippen molar-refractivity contribution in [1.82, 2.24) is 20.4 Å². The average molecular weight is 542 g/mol. The third kappa shape index (κ3) is 7.37. The van der Waals surface area contributed by atoms with E-state index in [0.717, 1.165) is 25.0 Å². The molecule has 12 heteroatoms. The number of halogens is 3. The molecule has 2 saturated heterocycles. The van der Waals surface area contributed by atoms with Gasteiger partial charge in [0.05, 0.1) is 29.0 Å². The lowest BCUT2D eigenvalue weighted by atomic mass is 10.0. The molecule has 3 rings (SSSR count). The molecular formula is C26H38F3N5O4. The molecule has 1 aromatic rings. The number of urea groups is 1. The second-order valence-electron chi connectivity index (χ2n) is 10.4. The molecule has 4 amide bonds. The lowest BCUT2D eigenvalue weighted by molar-refractivity contribution is -0.137. The number of rotatable bonds is 11. The Morgan fingerprint density at radius 1 is 1.16 bits per heavy atom. The number of likely N-dealkylation sites (tertiary alicyclic amines) is 2. The summed E-state index contributed by atoms with van der Waals surface area (Å²) in [5.41, 5.74) is -1.48. The van der Waals surface area contributed by atoms with Gasteiger partial charge in [0, 0.05) is 26.2 Å². The topological polar surface area (TPSA) is 114 Å². The Hall–Kier alpha value is -2.86. The fourth-order valence-corrected chi connectivity index (χ4v) is 4.59. The standard InChI is InChI=1S/C26H38F3N5O4/c1-4-6-22(35)21(15-30-14-16(2)3)34-12-9-20(24(34)37)31-23(36)18-13-17(26(27,28)29)7-8-19(18)32-25(38)33-10-5-11-33/h7-8,13,16,20-22,30,35H,4-6,9-12,14-15H2,1-3H3,(H,31,36)(H,32,38)/t20?,21-,22-/m0/s1. The van der Waals surface area contributed by atoms with Crippen molar-refractivity contribution in [3.8, 4) is 0 Å². The zero-order chi connectivity index (χ0) is 28.0. The van der Waals surface area contributed by atoms with Crippen LogP contribution in [0.5, 0.6) is 0 Å². The first kappa shape index (κ1) is 29.7. The average Bonchev–Trinajstić information content (AvgIpc) is 3.14. The van der Waals surface area contributed by atoms with Crippen molar-refractivity contribution >= 4 is 23.5 Å². The number of aliphatic hydroxyl groups excluding tert-OH is 1. The first-order valence-electron chi connectivity index (χ1n) is 13.2. The first-order valence-corrected chi connectivity index (χ1v) is 13.2. The molecule has 3 atom stereocenters. The predicted molar refractivity (Wildman–Crippen MR) is 137 cm³/mol. The number of nitrogens with zero attached hydrogens (tertiary/aromatic N) is 2. The summed E-state index contributed by atoms with van der Waals surface area (Å²) < 4.78 is 40.2. The predicted octanol–water partition coefficient (Wildman–Crippen LogP) is 3.05. The largest absolute Gasteiger partial charge is 0.416 e. The first-order chi connectivity index (χ1) is 17.9. The van der Waals surface area contributed by atoms with Crippen LogP contribution in [0.3, 0.4) is 0 Å². The molecule has 2 fully saturated rings. The van der Waals surface area contributed by atoms with E-state index in [1.165, 1.54) is 9.80 Å². The summed E-state index contributed by atoms with van der Waals surface area (Å²) in [5, 5.41) is 19.1. The number of alkyl halides is 3. The number of aliphatic hydroxyl groups is 1. The quantitative estimate of drug-likeness (QED) is 0.344. The lowest BCUT2D eigenvalue weighted by Gasteiger charge is -2.32. The van der Waals surface area contributed by atoms with Gasteiger partial charge in [0.25, 0.3) is 5.91 Å². The Morgan fingerprint density at radius 3 is 2.45 bits per heavy atom. The van der Waals surface area contributed by atoms with Gasteiger partial charge in [-0.2, -0.15) is 13.2 Å². The normalized spacial score (nSPS) is 19.4. The summed E-state index contributed by atoms with van der Waals surface area (Å²) in [7, 11) is 0. The highest BCUT2D eigenvalue weighted by atomic mass is 19.4. The molecule has 2 aliphatic rings. The maximum atomic E-state index is 13.4. The molecule has 0 radical (unpaired) electrons. The molecule has 0 bridgehead atoms. The van der Waals surface area contributed by atoms with Crippen LogP contribution in [-0.4, -0.2) is 83.7 Å². The van der Waals surface area contributed by atoms with Gasteiger partial charge in [-0.05, 0) is 49.9 Å². The summed E-state index contributed by atoms with van der Waals surface area (Å²) in [6.07, 6.45) is -3.15. The molecule has 1 aromatic carbocycles. The zero-order valence-electron chi connectivity index (χ0n) is 22.1. The fourth-order valence-electron chi connectivity index (χ4n) is 4.59. The third-order valence-corrected chi connectivity index (χ3v) is 6.86. The number of hydrogen-bond acceptors (Lipinski definition) is 5. The highest BCUT2D eigenvalue weighted by molar-refractivity contribution is 6.05. The molecule has 212 valence electrons. The molecule has 0 aliphatic carbocycles. The second-order valence-corrected chi connectivity index (χ2v) is 10.4. The Morgan fingerprint density at radius 2 is 1.87 bits per heavy atom. The van der Waals surface area contributed by atoms with Crippen LogP contribution >= 0.6 is 0 Å². The van der Waals surface area contributed by atoms with Gasteiger partial charge in [0.15, 0.2) is 0 Å². The zero-order valence-corrected chi connectivity index (χ0v) is 22.1. The van der Waals surface area contributed by atoms with E-state index in [4.69, 9.17) is 0 Å². The minimum atomic E-state index is -4.69. The molecule has 38 heavy (non-hydrogen) atoms. The number of benzene rings is 1. The monoisotopic (exact) mass is 541 g/mol. The highest BCUT2D eigenvalue weighted by Crippen LogP contribution is 2.32. The van der Waals surface area contributed by atoms with Crippen LogP contribution in [0.4, 0.5) is 23.7 Å². The van der Waals surface area contributed by atoms with E-state index in [0.29, 0.717) is 51.1 Å². The van der Waals surface area contributed by atoms with Crippen molar-refractivity contribution in [2.75, 3.05) is 38.0 Å². The maximum Gasteiger partial charge on any atom is 0.416 e. The number of carbonyl (C=O) groups is 3.